The minimum absolute atomic E-state index is 0.368. The zero-order valence-electron chi connectivity index (χ0n) is 15.9. The number of aryl methyl sites for hydroxylation is 2. The van der Waals surface area contributed by atoms with Gasteiger partial charge in [-0.1, -0.05) is 48.5 Å². The first-order valence-corrected chi connectivity index (χ1v) is 11.5. The average molecular weight is 411 g/mol. The number of aromatic nitrogens is 1. The third-order valence-electron chi connectivity index (χ3n) is 5.04. The average Bonchev–Trinajstić information content (AvgIpc) is 3.15. The van der Waals surface area contributed by atoms with Crippen molar-refractivity contribution in [3.05, 3.63) is 76.1 Å². The topological polar surface area (TPSA) is 50.3 Å². The number of benzene rings is 2. The van der Waals surface area contributed by atoms with Crippen LogP contribution in [0.1, 0.15) is 22.6 Å². The molecule has 0 N–H and O–H groups in total. The first-order valence-electron chi connectivity index (χ1n) is 9.23. The quantitative estimate of drug-likeness (QED) is 0.614. The fourth-order valence-electron chi connectivity index (χ4n) is 3.46. The van der Waals surface area contributed by atoms with Gasteiger partial charge in [-0.15, -0.1) is 11.3 Å². The van der Waals surface area contributed by atoms with Crippen molar-refractivity contribution in [1.29, 1.82) is 0 Å². The van der Waals surface area contributed by atoms with E-state index < -0.39 is 10.0 Å². The van der Waals surface area contributed by atoms with Crippen LogP contribution in [0.4, 0.5) is 0 Å². The maximum Gasteiger partial charge on any atom is 0.243 e. The van der Waals surface area contributed by atoms with Gasteiger partial charge in [0.2, 0.25) is 10.0 Å². The van der Waals surface area contributed by atoms with E-state index in [1.54, 1.807) is 21.7 Å². The highest BCUT2D eigenvalue weighted by molar-refractivity contribution is 7.89. The molecule has 0 aliphatic carbocycles. The third kappa shape index (κ3) is 3.68. The second-order valence-electron chi connectivity index (χ2n) is 6.94. The maximum absolute atomic E-state index is 13.3. The number of hydrogen-bond donors (Lipinski definition) is 0. The molecule has 0 spiro atoms. The molecule has 3 aromatic rings. The molecule has 0 atom stereocenters. The maximum atomic E-state index is 13.3. The number of sulfonamides is 1. The Morgan fingerprint density at radius 2 is 1.82 bits per heavy atom. The molecule has 6 heteroatoms. The van der Waals surface area contributed by atoms with Crippen LogP contribution in [0.15, 0.2) is 64.9 Å². The highest BCUT2D eigenvalue weighted by atomic mass is 32.2. The summed E-state index contributed by atoms with van der Waals surface area (Å²) in [5.41, 5.74) is 4.79. The van der Waals surface area contributed by atoms with Gasteiger partial charge in [0, 0.05) is 24.0 Å². The molecule has 1 aromatic heterocycles. The van der Waals surface area contributed by atoms with Gasteiger partial charge in [-0.25, -0.2) is 13.4 Å². The molecule has 1 aliphatic heterocycles. The Bertz CT molecular complexity index is 1130. The van der Waals surface area contributed by atoms with Crippen LogP contribution < -0.4 is 0 Å². The van der Waals surface area contributed by atoms with Crippen LogP contribution in [-0.2, 0) is 10.0 Å². The molecule has 0 unspecified atom stereocenters. The summed E-state index contributed by atoms with van der Waals surface area (Å²) in [7, 11) is -3.56. The Hall–Kier alpha value is -2.28. The SMILES string of the molecule is Cc1nc(-c2ccc(C)c(S(=O)(=O)N3CC=C(c4ccccc4)CC3)c2)cs1. The summed E-state index contributed by atoms with van der Waals surface area (Å²) in [5, 5.41) is 2.93. The summed E-state index contributed by atoms with van der Waals surface area (Å²) in [5.74, 6) is 0. The predicted molar refractivity (Wildman–Crippen MR) is 115 cm³/mol. The van der Waals surface area contributed by atoms with Gasteiger partial charge < -0.3 is 0 Å². The molecule has 144 valence electrons. The first kappa shape index (κ1) is 19.1. The van der Waals surface area contributed by atoms with Gasteiger partial charge in [0.1, 0.15) is 0 Å². The molecule has 2 heterocycles. The van der Waals surface area contributed by atoms with E-state index >= 15 is 0 Å². The van der Waals surface area contributed by atoms with Crippen molar-refractivity contribution in [2.45, 2.75) is 25.2 Å². The minimum atomic E-state index is -3.56. The monoisotopic (exact) mass is 410 g/mol. The Morgan fingerprint density at radius 1 is 1.04 bits per heavy atom. The van der Waals surface area contributed by atoms with Crippen LogP contribution in [0.25, 0.3) is 16.8 Å². The van der Waals surface area contributed by atoms with Crippen LogP contribution in [0.2, 0.25) is 0 Å². The molecule has 1 aliphatic rings. The molecule has 28 heavy (non-hydrogen) atoms. The van der Waals surface area contributed by atoms with Gasteiger partial charge in [0.25, 0.3) is 0 Å². The fraction of sp³-hybridized carbons (Fsp3) is 0.227. The van der Waals surface area contributed by atoms with Gasteiger partial charge in [-0.2, -0.15) is 4.31 Å². The van der Waals surface area contributed by atoms with Crippen LogP contribution in [0, 0.1) is 13.8 Å². The smallest absolute Gasteiger partial charge is 0.242 e. The van der Waals surface area contributed by atoms with E-state index in [1.807, 2.05) is 55.6 Å². The van der Waals surface area contributed by atoms with Gasteiger partial charge in [-0.05, 0) is 43.0 Å². The summed E-state index contributed by atoms with van der Waals surface area (Å²) in [6.07, 6.45) is 2.74. The standard InChI is InChI=1S/C22H22N2O2S2/c1-16-8-9-20(21-15-27-17(2)23-21)14-22(16)28(25,26)24-12-10-19(11-13-24)18-6-4-3-5-7-18/h3-10,14-15H,11-13H2,1-2H3. The second kappa shape index (κ2) is 7.62. The van der Waals surface area contributed by atoms with E-state index in [0.717, 1.165) is 27.4 Å². The third-order valence-corrected chi connectivity index (χ3v) is 7.82. The molecule has 0 amide bonds. The summed E-state index contributed by atoms with van der Waals surface area (Å²) in [4.78, 5) is 4.86. The van der Waals surface area contributed by atoms with E-state index in [0.29, 0.717) is 24.4 Å². The Balaban J connectivity index is 1.63. The Labute approximate surface area is 170 Å². The highest BCUT2D eigenvalue weighted by Crippen LogP contribution is 2.30. The largest absolute Gasteiger partial charge is 0.243 e. The molecule has 0 fully saturated rings. The molecule has 4 rings (SSSR count). The van der Waals surface area contributed by atoms with E-state index in [4.69, 9.17) is 0 Å². The zero-order valence-corrected chi connectivity index (χ0v) is 17.6. The lowest BCUT2D eigenvalue weighted by Gasteiger charge is -2.26. The molecular formula is C22H22N2O2S2. The Kier molecular flexibility index (Phi) is 5.19. The van der Waals surface area contributed by atoms with Gasteiger partial charge in [-0.3, -0.25) is 0 Å². The summed E-state index contributed by atoms with van der Waals surface area (Å²) in [6, 6.07) is 15.7. The normalized spacial score (nSPS) is 15.4. The molecule has 0 bridgehead atoms. The van der Waals surface area contributed by atoms with Crippen molar-refractivity contribution < 1.29 is 8.42 Å². The van der Waals surface area contributed by atoms with Gasteiger partial charge in [0.05, 0.1) is 15.6 Å². The van der Waals surface area contributed by atoms with Crippen molar-refractivity contribution in [3.8, 4) is 11.3 Å². The fourth-order valence-corrected chi connectivity index (χ4v) is 5.71. The molecule has 2 aromatic carbocycles. The molecule has 0 radical (unpaired) electrons. The molecule has 0 saturated heterocycles. The lowest BCUT2D eigenvalue weighted by molar-refractivity contribution is 0.441. The Morgan fingerprint density at radius 3 is 2.46 bits per heavy atom. The van der Waals surface area contributed by atoms with E-state index in [1.165, 1.54) is 5.57 Å². The minimum Gasteiger partial charge on any atom is -0.242 e. The van der Waals surface area contributed by atoms with Crippen molar-refractivity contribution in [1.82, 2.24) is 9.29 Å². The van der Waals surface area contributed by atoms with Crippen LogP contribution in [0.5, 0.6) is 0 Å². The summed E-state index contributed by atoms with van der Waals surface area (Å²) < 4.78 is 28.2. The van der Waals surface area contributed by atoms with Crippen molar-refractivity contribution in [2.24, 2.45) is 0 Å². The van der Waals surface area contributed by atoms with Gasteiger partial charge >= 0.3 is 0 Å². The molecule has 0 saturated carbocycles. The number of thiazole rings is 1. The molecular weight excluding hydrogens is 388 g/mol. The van der Waals surface area contributed by atoms with Crippen molar-refractivity contribution in [2.75, 3.05) is 13.1 Å². The van der Waals surface area contributed by atoms with E-state index in [2.05, 4.69) is 17.1 Å². The lowest BCUT2D eigenvalue weighted by Crippen LogP contribution is -2.35. The number of nitrogens with zero attached hydrogens (tertiary/aromatic N) is 2. The van der Waals surface area contributed by atoms with E-state index in [-0.39, 0.29) is 0 Å². The highest BCUT2D eigenvalue weighted by Gasteiger charge is 2.28. The van der Waals surface area contributed by atoms with Crippen LogP contribution >= 0.6 is 11.3 Å². The summed E-state index contributed by atoms with van der Waals surface area (Å²) in [6.45, 7) is 4.68. The van der Waals surface area contributed by atoms with Crippen molar-refractivity contribution in [3.63, 3.8) is 0 Å². The van der Waals surface area contributed by atoms with Gasteiger partial charge in [0.15, 0.2) is 0 Å². The zero-order chi connectivity index (χ0) is 19.7. The lowest BCUT2D eigenvalue weighted by atomic mass is 10.0. The number of rotatable bonds is 4. The van der Waals surface area contributed by atoms with Crippen molar-refractivity contribution >= 4 is 26.9 Å². The summed E-state index contributed by atoms with van der Waals surface area (Å²) >= 11 is 1.56. The number of hydrogen-bond acceptors (Lipinski definition) is 4. The van der Waals surface area contributed by atoms with Crippen LogP contribution in [0.3, 0.4) is 0 Å². The predicted octanol–water partition coefficient (Wildman–Crippen LogP) is 4.90. The van der Waals surface area contributed by atoms with Crippen LogP contribution in [-0.4, -0.2) is 30.8 Å². The molecule has 4 nitrogen and oxygen atoms in total. The second-order valence-corrected chi connectivity index (χ2v) is 9.91. The first-order chi connectivity index (χ1) is 13.4. The van der Waals surface area contributed by atoms with E-state index in [9.17, 15) is 8.42 Å².